The van der Waals surface area contributed by atoms with Gasteiger partial charge in [-0.05, 0) is 101 Å². The monoisotopic (exact) mass is 786 g/mol. The van der Waals surface area contributed by atoms with Gasteiger partial charge in [-0.15, -0.1) is 15.0 Å². The first-order chi connectivity index (χ1) is 26.3. The molecule has 0 saturated heterocycles. The van der Waals surface area contributed by atoms with Gasteiger partial charge in [0.25, 0.3) is 16.0 Å². The van der Waals surface area contributed by atoms with Crippen molar-refractivity contribution in [3.05, 3.63) is 128 Å². The third-order valence-corrected chi connectivity index (χ3v) is 9.13. The minimum absolute atomic E-state index is 0. The average Bonchev–Trinajstić information content (AvgIpc) is 3.66. The van der Waals surface area contributed by atoms with E-state index in [4.69, 9.17) is 13.7 Å². The summed E-state index contributed by atoms with van der Waals surface area (Å²) in [5.41, 5.74) is 7.13. The quantitative estimate of drug-likeness (QED) is 0.146. The van der Waals surface area contributed by atoms with Crippen LogP contribution in [0.15, 0.2) is 88.1 Å². The number of aliphatic hydroxyl groups is 2. The van der Waals surface area contributed by atoms with E-state index in [1.807, 2.05) is 24.3 Å². The summed E-state index contributed by atoms with van der Waals surface area (Å²) in [4.78, 5) is 29.8. The van der Waals surface area contributed by atoms with E-state index < -0.39 is 16.0 Å². The van der Waals surface area contributed by atoms with Crippen molar-refractivity contribution in [1.82, 2.24) is 25.1 Å². The lowest BCUT2D eigenvalue weighted by Crippen LogP contribution is -2.32. The maximum Gasteiger partial charge on any atom is 0.291 e. The van der Waals surface area contributed by atoms with Crippen LogP contribution in [-0.4, -0.2) is 86.1 Å². The molecule has 0 unspecified atom stereocenters. The maximum atomic E-state index is 13.3. The Kier molecular flexibility index (Phi) is 13.1. The number of ether oxygens (including phenoxy) is 1. The van der Waals surface area contributed by atoms with Crippen LogP contribution in [0.1, 0.15) is 43.9 Å². The van der Waals surface area contributed by atoms with Crippen molar-refractivity contribution < 1.29 is 42.6 Å². The molecule has 4 aromatic carbocycles. The molecule has 0 aliphatic carbocycles. The Morgan fingerprint density at radius 3 is 2.38 bits per heavy atom. The number of carbonyl (C=O) groups excluding carboxylic acids is 1. The summed E-state index contributed by atoms with van der Waals surface area (Å²) < 4.78 is 37.1. The lowest BCUT2D eigenvalue weighted by atomic mass is 9.96. The first kappa shape index (κ1) is 41.3. The smallest absolute Gasteiger partial charge is 0.291 e. The van der Waals surface area contributed by atoms with Gasteiger partial charge in [-0.3, -0.25) is 19.0 Å². The summed E-state index contributed by atoms with van der Waals surface area (Å²) in [7, 11) is -1.95. The summed E-state index contributed by atoms with van der Waals surface area (Å²) in [5, 5.41) is 36.1. The number of tetrazole rings is 1. The van der Waals surface area contributed by atoms with Gasteiger partial charge in [0.1, 0.15) is 11.3 Å². The van der Waals surface area contributed by atoms with Gasteiger partial charge in [0.15, 0.2) is 11.2 Å². The number of aliphatic hydroxyl groups excluding tert-OH is 2. The number of nitrogens with zero attached hydrogens (tertiary/aromatic N) is 5. The molecule has 0 atom stereocenters. The zero-order valence-corrected chi connectivity index (χ0v) is 31.7. The molecule has 56 heavy (non-hydrogen) atoms. The third kappa shape index (κ3) is 9.88. The molecule has 0 radical (unpaired) electrons. The molecule has 7 rings (SSSR count). The highest BCUT2D eigenvalue weighted by molar-refractivity contribution is 7.85. The summed E-state index contributed by atoms with van der Waals surface area (Å²) in [6.07, 6.45) is 2.62. The Bertz CT molecular complexity index is 2510. The van der Waals surface area contributed by atoms with Crippen LogP contribution in [0.25, 0.3) is 28.0 Å². The van der Waals surface area contributed by atoms with Crippen molar-refractivity contribution in [2.45, 2.75) is 39.5 Å². The predicted octanol–water partition coefficient (Wildman–Crippen LogP) is 3.27. The number of rotatable bonds is 10. The number of fused-ring (bicyclic) bond motifs is 2. The normalized spacial score (nSPS) is 12.6. The Morgan fingerprint density at radius 2 is 1.68 bits per heavy atom. The van der Waals surface area contributed by atoms with E-state index in [9.17, 15) is 28.2 Å². The lowest BCUT2D eigenvalue weighted by Gasteiger charge is -2.29. The number of aryl methyl sites for hydroxylation is 1. The number of aromatic nitrogens is 4. The summed E-state index contributed by atoms with van der Waals surface area (Å²) in [6.45, 7) is 4.18. The van der Waals surface area contributed by atoms with Crippen molar-refractivity contribution in [3.63, 3.8) is 0 Å². The molecule has 1 aliphatic heterocycles. The second kappa shape index (κ2) is 17.8. The minimum atomic E-state index is -3.67. The molecule has 0 saturated carbocycles. The van der Waals surface area contributed by atoms with Crippen molar-refractivity contribution >= 4 is 32.7 Å². The molecule has 2 aromatic heterocycles. The second-order valence-corrected chi connectivity index (χ2v) is 14.5. The number of nitrogens with one attached hydrogen (secondary N) is 1. The number of carbonyl (C=O) groups is 1. The first-order valence-corrected chi connectivity index (χ1v) is 19.1. The zero-order valence-electron chi connectivity index (χ0n) is 30.9. The van der Waals surface area contributed by atoms with E-state index in [1.54, 1.807) is 37.4 Å². The van der Waals surface area contributed by atoms with Gasteiger partial charge in [-0.2, -0.15) is 8.42 Å². The van der Waals surface area contributed by atoms with Gasteiger partial charge < -0.3 is 30.2 Å². The van der Waals surface area contributed by atoms with Crippen molar-refractivity contribution in [1.29, 1.82) is 0 Å². The average molecular weight is 787 g/mol. The molecular weight excluding hydrogens is 745 g/mol. The van der Waals surface area contributed by atoms with Crippen LogP contribution >= 0.6 is 0 Å². The summed E-state index contributed by atoms with van der Waals surface area (Å²) in [6, 6.07) is 23.3. The van der Waals surface area contributed by atoms with Gasteiger partial charge in [0, 0.05) is 31.3 Å². The number of anilines is 1. The standard InChI is InChI=1S/C38H36N6O6.CH4O3S.H2O/c1-23-15-25-12-14-43(20-26(25)18-35(23)49-2)13-11-24-7-9-29(10-8-24)44-41-37(40-42-44)31-16-27(21-45)28(22-46)17-32(31)39-38(48)36-19-33(47)30-5-3-4-6-34(30)50-36;1-5(2,3)4;/h3-10,15-19,45-46H,11-14,20-22H2,1-2H3,(H,39,48);1H3,(H,2,3,4);1H2. The van der Waals surface area contributed by atoms with Gasteiger partial charge in [0.05, 0.1) is 43.3 Å². The number of amides is 1. The molecule has 17 heteroatoms. The van der Waals surface area contributed by atoms with E-state index >= 15 is 0 Å². The highest BCUT2D eigenvalue weighted by atomic mass is 32.2. The number of methoxy groups -OCH3 is 1. The van der Waals surface area contributed by atoms with Crippen molar-refractivity contribution in [2.24, 2.45) is 0 Å². The van der Waals surface area contributed by atoms with E-state index in [-0.39, 0.29) is 47.0 Å². The van der Waals surface area contributed by atoms with Crippen molar-refractivity contribution in [2.75, 3.05) is 31.8 Å². The van der Waals surface area contributed by atoms with E-state index in [0.29, 0.717) is 34.0 Å². The van der Waals surface area contributed by atoms with Crippen LogP contribution in [0.4, 0.5) is 5.69 Å². The van der Waals surface area contributed by atoms with E-state index in [2.05, 4.69) is 44.7 Å². The van der Waals surface area contributed by atoms with Crippen LogP contribution < -0.4 is 15.5 Å². The van der Waals surface area contributed by atoms with Crippen LogP contribution in [-0.2, 0) is 42.7 Å². The van der Waals surface area contributed by atoms with Crippen LogP contribution in [0.5, 0.6) is 5.75 Å². The van der Waals surface area contributed by atoms with Crippen molar-refractivity contribution in [3.8, 4) is 22.8 Å². The fourth-order valence-corrected chi connectivity index (χ4v) is 6.37. The molecule has 294 valence electrons. The number of hydrogen-bond donors (Lipinski definition) is 4. The van der Waals surface area contributed by atoms with Crippen LogP contribution in [0.3, 0.4) is 0 Å². The molecule has 0 fully saturated rings. The van der Waals surface area contributed by atoms with Gasteiger partial charge in [-0.25, -0.2) is 0 Å². The van der Waals surface area contributed by atoms with Crippen LogP contribution in [0.2, 0.25) is 0 Å². The van der Waals surface area contributed by atoms with E-state index in [0.717, 1.165) is 44.3 Å². The fraction of sp³-hybridized carbons (Fsp3) is 0.256. The molecule has 0 spiro atoms. The topological polar surface area (TPSA) is 242 Å². The summed E-state index contributed by atoms with van der Waals surface area (Å²) in [5.74, 6) is 0.245. The largest absolute Gasteiger partial charge is 0.496 e. The van der Waals surface area contributed by atoms with Gasteiger partial charge in [-0.1, -0.05) is 30.3 Å². The Hall–Kier alpha value is -5.82. The fourth-order valence-electron chi connectivity index (χ4n) is 6.37. The molecule has 6 aromatic rings. The maximum absolute atomic E-state index is 13.3. The first-order valence-electron chi connectivity index (χ1n) is 17.3. The minimum Gasteiger partial charge on any atom is -0.496 e. The Morgan fingerprint density at radius 1 is 0.982 bits per heavy atom. The highest BCUT2D eigenvalue weighted by Crippen LogP contribution is 2.31. The highest BCUT2D eigenvalue weighted by Gasteiger charge is 2.21. The van der Waals surface area contributed by atoms with E-state index in [1.165, 1.54) is 33.1 Å². The second-order valence-electron chi connectivity index (χ2n) is 13.1. The zero-order chi connectivity index (χ0) is 39.3. The number of benzene rings is 4. The lowest BCUT2D eigenvalue weighted by molar-refractivity contribution is 0.0997. The predicted molar refractivity (Wildman–Crippen MR) is 208 cm³/mol. The molecule has 0 bridgehead atoms. The molecule has 16 nitrogen and oxygen atoms in total. The molecule has 6 N–H and O–H groups in total. The molecule has 3 heterocycles. The van der Waals surface area contributed by atoms with Gasteiger partial charge >= 0.3 is 0 Å². The third-order valence-electron chi connectivity index (χ3n) is 9.13. The molecule has 1 amide bonds. The molecule has 1 aliphatic rings. The molecular formula is C39H42N6O10S. The summed E-state index contributed by atoms with van der Waals surface area (Å²) >= 11 is 0. The van der Waals surface area contributed by atoms with Gasteiger partial charge in [0.2, 0.25) is 5.82 Å². The number of hydrogen-bond acceptors (Lipinski definition) is 12. The Labute approximate surface area is 322 Å². The SMILES string of the molecule is COc1cc2c(cc1C)CCN(CCc1ccc(-n3nnc(-c4cc(CO)c(CO)cc4NC(=O)c4cc(=O)c5ccccc5o4)n3)cc1)C2.CS(=O)(=O)O.O. The number of para-hydroxylation sites is 1. The van der Waals surface area contributed by atoms with Crippen LogP contribution in [0, 0.1) is 6.92 Å². The Balaban J connectivity index is 0.000000941.